The van der Waals surface area contributed by atoms with Crippen molar-refractivity contribution in [2.75, 3.05) is 0 Å². The van der Waals surface area contributed by atoms with Gasteiger partial charge in [0.25, 0.3) is 0 Å². The zero-order valence-electron chi connectivity index (χ0n) is 13.3. The third-order valence-electron chi connectivity index (χ3n) is 3.63. The van der Waals surface area contributed by atoms with Crippen LogP contribution in [0.5, 0.6) is 0 Å². The summed E-state index contributed by atoms with van der Waals surface area (Å²) < 4.78 is 0. The van der Waals surface area contributed by atoms with Crippen LogP contribution in [0.1, 0.15) is 25.0 Å². The molecule has 0 fully saturated rings. The summed E-state index contributed by atoms with van der Waals surface area (Å²) in [5.74, 6) is 0.286. The quantitative estimate of drug-likeness (QED) is 0.824. The van der Waals surface area contributed by atoms with E-state index in [-0.39, 0.29) is 17.9 Å². The van der Waals surface area contributed by atoms with Gasteiger partial charge in [-0.2, -0.15) is 0 Å². The number of rotatable bonds is 7. The van der Waals surface area contributed by atoms with Crippen molar-refractivity contribution < 1.29 is 4.79 Å². The fraction of sp³-hybridized carbons (Fsp3) is 0.316. The normalized spacial score (nSPS) is 12.1. The SMILES string of the molecule is CC(C)C(NCc1ccccc1)C(=O)NCc1ccccc1. The lowest BCUT2D eigenvalue weighted by Crippen LogP contribution is -2.46. The van der Waals surface area contributed by atoms with Gasteiger partial charge in [-0.05, 0) is 17.0 Å². The molecule has 2 N–H and O–H groups in total. The molecule has 2 aromatic carbocycles. The second kappa shape index (κ2) is 8.35. The molecule has 2 rings (SSSR count). The van der Waals surface area contributed by atoms with Gasteiger partial charge in [-0.3, -0.25) is 4.79 Å². The number of hydrogen-bond donors (Lipinski definition) is 2. The number of nitrogens with one attached hydrogen (secondary N) is 2. The van der Waals surface area contributed by atoms with Crippen LogP contribution in [-0.4, -0.2) is 11.9 Å². The summed E-state index contributed by atoms with van der Waals surface area (Å²) in [4.78, 5) is 12.4. The Bertz CT molecular complexity index is 567. The minimum absolute atomic E-state index is 0.0507. The third-order valence-corrected chi connectivity index (χ3v) is 3.63. The van der Waals surface area contributed by atoms with Gasteiger partial charge in [-0.25, -0.2) is 0 Å². The van der Waals surface area contributed by atoms with E-state index < -0.39 is 0 Å². The number of carbonyl (C=O) groups excluding carboxylic acids is 1. The molecule has 0 aliphatic rings. The molecular weight excluding hydrogens is 272 g/mol. The van der Waals surface area contributed by atoms with Crippen molar-refractivity contribution in [3.8, 4) is 0 Å². The highest BCUT2D eigenvalue weighted by Gasteiger charge is 2.21. The number of benzene rings is 2. The van der Waals surface area contributed by atoms with Crippen molar-refractivity contribution in [2.45, 2.75) is 33.0 Å². The summed E-state index contributed by atoms with van der Waals surface area (Å²) in [6, 6.07) is 19.9. The zero-order valence-corrected chi connectivity index (χ0v) is 13.3. The smallest absolute Gasteiger partial charge is 0.237 e. The highest BCUT2D eigenvalue weighted by atomic mass is 16.2. The molecular formula is C19H24N2O. The van der Waals surface area contributed by atoms with Crippen LogP contribution >= 0.6 is 0 Å². The van der Waals surface area contributed by atoms with Gasteiger partial charge in [-0.1, -0.05) is 74.5 Å². The Morgan fingerprint density at radius 1 is 0.864 bits per heavy atom. The molecule has 1 unspecified atom stereocenters. The maximum absolute atomic E-state index is 12.4. The van der Waals surface area contributed by atoms with Crippen molar-refractivity contribution in [1.82, 2.24) is 10.6 Å². The second-order valence-electron chi connectivity index (χ2n) is 5.79. The molecule has 116 valence electrons. The Morgan fingerprint density at radius 3 is 1.86 bits per heavy atom. The highest BCUT2D eigenvalue weighted by molar-refractivity contribution is 5.82. The van der Waals surface area contributed by atoms with Crippen LogP contribution in [0.15, 0.2) is 60.7 Å². The lowest BCUT2D eigenvalue weighted by atomic mass is 10.0. The van der Waals surface area contributed by atoms with Crippen molar-refractivity contribution >= 4 is 5.91 Å². The van der Waals surface area contributed by atoms with E-state index in [1.54, 1.807) is 0 Å². The number of hydrogen-bond acceptors (Lipinski definition) is 2. The summed E-state index contributed by atoms with van der Waals surface area (Å²) in [6.07, 6.45) is 0. The highest BCUT2D eigenvalue weighted by Crippen LogP contribution is 2.06. The van der Waals surface area contributed by atoms with Gasteiger partial charge in [0, 0.05) is 13.1 Å². The van der Waals surface area contributed by atoms with E-state index >= 15 is 0 Å². The van der Waals surface area contributed by atoms with Gasteiger partial charge in [0.1, 0.15) is 0 Å². The maximum atomic E-state index is 12.4. The Balaban J connectivity index is 1.88. The van der Waals surface area contributed by atoms with Crippen LogP contribution in [0.25, 0.3) is 0 Å². The van der Waals surface area contributed by atoms with Gasteiger partial charge >= 0.3 is 0 Å². The molecule has 0 radical (unpaired) electrons. The average Bonchev–Trinajstić information content (AvgIpc) is 2.55. The van der Waals surface area contributed by atoms with Crippen LogP contribution in [-0.2, 0) is 17.9 Å². The molecule has 22 heavy (non-hydrogen) atoms. The van der Waals surface area contributed by atoms with Gasteiger partial charge in [0.2, 0.25) is 5.91 Å². The van der Waals surface area contributed by atoms with Crippen molar-refractivity contribution in [2.24, 2.45) is 5.92 Å². The zero-order chi connectivity index (χ0) is 15.8. The van der Waals surface area contributed by atoms with E-state index in [1.165, 1.54) is 5.56 Å². The third kappa shape index (κ3) is 5.01. The van der Waals surface area contributed by atoms with Crippen molar-refractivity contribution in [1.29, 1.82) is 0 Å². The van der Waals surface area contributed by atoms with E-state index in [9.17, 15) is 4.79 Å². The Morgan fingerprint density at radius 2 is 1.36 bits per heavy atom. The minimum atomic E-state index is -0.191. The van der Waals surface area contributed by atoms with E-state index in [0.717, 1.165) is 5.56 Å². The average molecular weight is 296 g/mol. The van der Waals surface area contributed by atoms with Crippen LogP contribution in [0.3, 0.4) is 0 Å². The minimum Gasteiger partial charge on any atom is -0.351 e. The predicted molar refractivity (Wildman–Crippen MR) is 90.2 cm³/mol. The molecule has 1 atom stereocenters. The largest absolute Gasteiger partial charge is 0.351 e. The maximum Gasteiger partial charge on any atom is 0.237 e. The number of amides is 1. The van der Waals surface area contributed by atoms with Gasteiger partial charge < -0.3 is 10.6 Å². The first-order chi connectivity index (χ1) is 10.7. The van der Waals surface area contributed by atoms with Crippen LogP contribution < -0.4 is 10.6 Å². The lowest BCUT2D eigenvalue weighted by Gasteiger charge is -2.22. The Labute approximate surface area is 132 Å². The van der Waals surface area contributed by atoms with Crippen LogP contribution in [0.2, 0.25) is 0 Å². The van der Waals surface area contributed by atoms with Crippen molar-refractivity contribution in [3.63, 3.8) is 0 Å². The Kier molecular flexibility index (Phi) is 6.16. The van der Waals surface area contributed by atoms with Gasteiger partial charge in [0.15, 0.2) is 0 Å². The van der Waals surface area contributed by atoms with E-state index in [0.29, 0.717) is 13.1 Å². The first kappa shape index (κ1) is 16.2. The molecule has 0 spiro atoms. The molecule has 0 saturated carbocycles. The molecule has 0 heterocycles. The first-order valence-electron chi connectivity index (χ1n) is 7.76. The molecule has 2 aromatic rings. The fourth-order valence-electron chi connectivity index (χ4n) is 2.35. The van der Waals surface area contributed by atoms with Crippen molar-refractivity contribution in [3.05, 3.63) is 71.8 Å². The summed E-state index contributed by atoms with van der Waals surface area (Å²) in [5, 5.41) is 6.37. The molecule has 0 saturated heterocycles. The summed E-state index contributed by atoms with van der Waals surface area (Å²) >= 11 is 0. The van der Waals surface area contributed by atoms with Gasteiger partial charge in [-0.15, -0.1) is 0 Å². The molecule has 3 heteroatoms. The molecule has 0 bridgehead atoms. The molecule has 0 aliphatic heterocycles. The summed E-state index contributed by atoms with van der Waals surface area (Å²) in [5.41, 5.74) is 2.30. The monoisotopic (exact) mass is 296 g/mol. The van der Waals surface area contributed by atoms with E-state index in [1.807, 2.05) is 48.5 Å². The van der Waals surface area contributed by atoms with Crippen LogP contribution in [0, 0.1) is 5.92 Å². The topological polar surface area (TPSA) is 41.1 Å². The standard InChI is InChI=1S/C19H24N2O/c1-15(2)18(20-13-16-9-5-3-6-10-16)19(22)21-14-17-11-7-4-8-12-17/h3-12,15,18,20H,13-14H2,1-2H3,(H,21,22). The molecule has 0 aliphatic carbocycles. The Hall–Kier alpha value is -2.13. The predicted octanol–water partition coefficient (Wildman–Crippen LogP) is 3.12. The van der Waals surface area contributed by atoms with Gasteiger partial charge in [0.05, 0.1) is 6.04 Å². The number of carbonyl (C=O) groups is 1. The van der Waals surface area contributed by atoms with Crippen LogP contribution in [0.4, 0.5) is 0 Å². The molecule has 3 nitrogen and oxygen atoms in total. The fourth-order valence-corrected chi connectivity index (χ4v) is 2.35. The van der Waals surface area contributed by atoms with E-state index in [2.05, 4.69) is 36.6 Å². The molecule has 1 amide bonds. The second-order valence-corrected chi connectivity index (χ2v) is 5.79. The summed E-state index contributed by atoms with van der Waals surface area (Å²) in [7, 11) is 0. The first-order valence-corrected chi connectivity index (χ1v) is 7.76. The lowest BCUT2D eigenvalue weighted by molar-refractivity contribution is -0.124. The summed E-state index contributed by atoms with van der Waals surface area (Å²) in [6.45, 7) is 5.38. The molecule has 0 aromatic heterocycles. The van der Waals surface area contributed by atoms with E-state index in [4.69, 9.17) is 0 Å².